The van der Waals surface area contributed by atoms with E-state index in [2.05, 4.69) is 5.32 Å². The molecule has 0 aliphatic carbocycles. The minimum atomic E-state index is -0.0486. The Balaban J connectivity index is 2.18. The van der Waals surface area contributed by atoms with Gasteiger partial charge in [-0.25, -0.2) is 0 Å². The van der Waals surface area contributed by atoms with E-state index in [0.717, 1.165) is 17.7 Å². The number of carbonyl (C=O) groups is 1. The second-order valence-electron chi connectivity index (χ2n) is 4.73. The van der Waals surface area contributed by atoms with Gasteiger partial charge in [-0.15, -0.1) is 0 Å². The number of benzene rings is 1. The number of hydrogen-bond acceptors (Lipinski definition) is 3. The third-order valence-corrected chi connectivity index (χ3v) is 3.22. The molecule has 3 N–H and O–H groups in total. The second kappa shape index (κ2) is 4.75. The Hall–Kier alpha value is -1.55. The molecular weight excluding hydrogens is 214 g/mol. The van der Waals surface area contributed by atoms with Crippen LogP contribution in [0, 0.1) is 0 Å². The molecule has 2 unspecified atom stereocenters. The predicted molar refractivity (Wildman–Crippen MR) is 68.9 cm³/mol. The van der Waals surface area contributed by atoms with Crippen molar-refractivity contribution in [2.75, 3.05) is 19.0 Å². The van der Waals surface area contributed by atoms with Crippen LogP contribution in [0.4, 0.5) is 5.69 Å². The molecule has 1 aromatic carbocycles. The van der Waals surface area contributed by atoms with Crippen molar-refractivity contribution in [3.05, 3.63) is 29.8 Å². The van der Waals surface area contributed by atoms with Gasteiger partial charge < -0.3 is 16.0 Å². The molecule has 4 nitrogen and oxygen atoms in total. The number of nitrogens with two attached hydrogens (primary N) is 1. The smallest absolute Gasteiger partial charge is 0.220 e. The average molecular weight is 233 g/mol. The maximum Gasteiger partial charge on any atom is 0.220 e. The van der Waals surface area contributed by atoms with Crippen LogP contribution in [-0.4, -0.2) is 26.0 Å². The van der Waals surface area contributed by atoms with E-state index in [0.29, 0.717) is 6.42 Å². The summed E-state index contributed by atoms with van der Waals surface area (Å²) in [5, 5.41) is 2.95. The fourth-order valence-electron chi connectivity index (χ4n) is 2.13. The number of nitrogens with zero attached hydrogens (tertiary/aromatic N) is 1. The summed E-state index contributed by atoms with van der Waals surface area (Å²) in [6.45, 7) is 0. The third kappa shape index (κ3) is 2.58. The zero-order chi connectivity index (χ0) is 12.4. The van der Waals surface area contributed by atoms with Crippen LogP contribution in [0.25, 0.3) is 0 Å². The van der Waals surface area contributed by atoms with E-state index in [9.17, 15) is 4.79 Å². The van der Waals surface area contributed by atoms with E-state index in [1.807, 2.05) is 43.3 Å². The minimum absolute atomic E-state index is 0.0120. The molecule has 1 amide bonds. The predicted octanol–water partition coefficient (Wildman–Crippen LogP) is 1.03. The summed E-state index contributed by atoms with van der Waals surface area (Å²) in [6, 6.07) is 8.12. The zero-order valence-corrected chi connectivity index (χ0v) is 10.3. The Morgan fingerprint density at radius 2 is 1.94 bits per heavy atom. The van der Waals surface area contributed by atoms with Crippen molar-refractivity contribution < 1.29 is 4.79 Å². The SMILES string of the molecule is CN(C)c1ccc(C2NC(=O)CCC2N)cc1. The first-order valence-corrected chi connectivity index (χ1v) is 5.90. The van der Waals surface area contributed by atoms with Crippen LogP contribution in [0.15, 0.2) is 24.3 Å². The first-order chi connectivity index (χ1) is 8.08. The van der Waals surface area contributed by atoms with Crippen molar-refractivity contribution in [3.63, 3.8) is 0 Å². The summed E-state index contributed by atoms with van der Waals surface area (Å²) in [6.07, 6.45) is 1.29. The molecule has 1 heterocycles. The van der Waals surface area contributed by atoms with Gasteiger partial charge in [-0.2, -0.15) is 0 Å². The van der Waals surface area contributed by atoms with Crippen LogP contribution < -0.4 is 16.0 Å². The van der Waals surface area contributed by atoms with Gasteiger partial charge >= 0.3 is 0 Å². The monoisotopic (exact) mass is 233 g/mol. The lowest BCUT2D eigenvalue weighted by molar-refractivity contribution is -0.123. The zero-order valence-electron chi connectivity index (χ0n) is 10.3. The maximum absolute atomic E-state index is 11.4. The molecule has 4 heteroatoms. The maximum atomic E-state index is 11.4. The summed E-state index contributed by atoms with van der Waals surface area (Å²) in [4.78, 5) is 13.4. The van der Waals surface area contributed by atoms with Gasteiger partial charge in [0.25, 0.3) is 0 Å². The van der Waals surface area contributed by atoms with Gasteiger partial charge in [0.1, 0.15) is 0 Å². The highest BCUT2D eigenvalue weighted by Gasteiger charge is 2.26. The molecule has 1 fully saturated rings. The molecular formula is C13H19N3O. The van der Waals surface area contributed by atoms with Gasteiger partial charge in [-0.05, 0) is 24.1 Å². The van der Waals surface area contributed by atoms with Crippen molar-refractivity contribution in [2.45, 2.75) is 24.9 Å². The molecule has 1 saturated heterocycles. The van der Waals surface area contributed by atoms with Crippen LogP contribution in [0.1, 0.15) is 24.4 Å². The highest BCUT2D eigenvalue weighted by molar-refractivity contribution is 5.77. The van der Waals surface area contributed by atoms with Crippen molar-refractivity contribution in [1.29, 1.82) is 0 Å². The van der Waals surface area contributed by atoms with E-state index >= 15 is 0 Å². The second-order valence-corrected chi connectivity index (χ2v) is 4.73. The number of anilines is 1. The number of carbonyl (C=O) groups excluding carboxylic acids is 1. The minimum Gasteiger partial charge on any atom is -0.378 e. The number of piperidine rings is 1. The van der Waals surface area contributed by atoms with Crippen LogP contribution in [-0.2, 0) is 4.79 Å². The molecule has 92 valence electrons. The van der Waals surface area contributed by atoms with Gasteiger partial charge in [0.05, 0.1) is 6.04 Å². The Kier molecular flexibility index (Phi) is 3.33. The van der Waals surface area contributed by atoms with E-state index in [1.165, 1.54) is 0 Å². The van der Waals surface area contributed by atoms with Gasteiger partial charge in [0.15, 0.2) is 0 Å². The average Bonchev–Trinajstić information content (AvgIpc) is 2.32. The van der Waals surface area contributed by atoms with E-state index < -0.39 is 0 Å². The van der Waals surface area contributed by atoms with E-state index in [-0.39, 0.29) is 18.0 Å². The number of amides is 1. The topological polar surface area (TPSA) is 58.4 Å². The summed E-state index contributed by atoms with van der Waals surface area (Å²) in [5.41, 5.74) is 8.27. The largest absolute Gasteiger partial charge is 0.378 e. The molecule has 0 saturated carbocycles. The van der Waals surface area contributed by atoms with Crippen LogP contribution in [0.3, 0.4) is 0 Å². The van der Waals surface area contributed by atoms with Crippen molar-refractivity contribution in [1.82, 2.24) is 5.32 Å². The first-order valence-electron chi connectivity index (χ1n) is 5.90. The Morgan fingerprint density at radius 1 is 1.29 bits per heavy atom. The Labute approximate surface area is 102 Å². The van der Waals surface area contributed by atoms with E-state index in [1.54, 1.807) is 0 Å². The molecule has 0 spiro atoms. The molecule has 1 aliphatic heterocycles. The molecule has 0 aromatic heterocycles. The standard InChI is InChI=1S/C13H19N3O/c1-16(2)10-5-3-9(4-6-10)13-11(14)7-8-12(17)15-13/h3-6,11,13H,7-8,14H2,1-2H3,(H,15,17). The number of nitrogens with one attached hydrogen (secondary N) is 1. The van der Waals surface area contributed by atoms with Gasteiger partial charge in [-0.3, -0.25) is 4.79 Å². The lowest BCUT2D eigenvalue weighted by Crippen LogP contribution is -2.45. The Morgan fingerprint density at radius 3 is 2.53 bits per heavy atom. The summed E-state index contributed by atoms with van der Waals surface area (Å²) in [7, 11) is 4.01. The fourth-order valence-corrected chi connectivity index (χ4v) is 2.13. The number of rotatable bonds is 2. The fraction of sp³-hybridized carbons (Fsp3) is 0.462. The molecule has 1 aromatic rings. The number of hydrogen-bond donors (Lipinski definition) is 2. The van der Waals surface area contributed by atoms with Crippen LogP contribution in [0.5, 0.6) is 0 Å². The van der Waals surface area contributed by atoms with Gasteiger partial charge in [-0.1, -0.05) is 12.1 Å². The molecule has 2 atom stereocenters. The summed E-state index contributed by atoms with van der Waals surface area (Å²) >= 11 is 0. The molecule has 2 rings (SSSR count). The normalized spacial score (nSPS) is 24.3. The van der Waals surface area contributed by atoms with Gasteiger partial charge in [0, 0.05) is 32.2 Å². The van der Waals surface area contributed by atoms with Gasteiger partial charge in [0.2, 0.25) is 5.91 Å². The molecule has 17 heavy (non-hydrogen) atoms. The summed E-state index contributed by atoms with van der Waals surface area (Å²) < 4.78 is 0. The highest BCUT2D eigenvalue weighted by atomic mass is 16.1. The summed E-state index contributed by atoms with van der Waals surface area (Å²) in [5.74, 6) is 0.0911. The van der Waals surface area contributed by atoms with Crippen molar-refractivity contribution in [3.8, 4) is 0 Å². The quantitative estimate of drug-likeness (QED) is 0.802. The highest BCUT2D eigenvalue weighted by Crippen LogP contribution is 2.24. The van der Waals surface area contributed by atoms with Crippen LogP contribution >= 0.6 is 0 Å². The van der Waals surface area contributed by atoms with Crippen molar-refractivity contribution in [2.24, 2.45) is 5.73 Å². The molecule has 1 aliphatic rings. The Bertz CT molecular complexity index is 400. The first kappa shape index (κ1) is 11.9. The molecule has 0 radical (unpaired) electrons. The lowest BCUT2D eigenvalue weighted by atomic mass is 9.92. The van der Waals surface area contributed by atoms with Crippen molar-refractivity contribution >= 4 is 11.6 Å². The lowest BCUT2D eigenvalue weighted by Gasteiger charge is -2.30. The van der Waals surface area contributed by atoms with Crippen LogP contribution in [0.2, 0.25) is 0 Å². The third-order valence-electron chi connectivity index (χ3n) is 3.22. The van der Waals surface area contributed by atoms with E-state index in [4.69, 9.17) is 5.73 Å². The molecule has 0 bridgehead atoms.